The topological polar surface area (TPSA) is 195 Å². The second-order valence-electron chi connectivity index (χ2n) is 17.0. The van der Waals surface area contributed by atoms with Crippen molar-refractivity contribution in [1.82, 2.24) is 10.6 Å². The molecule has 4 N–H and O–H groups in total. The number of carbonyl (C=O) groups excluding carboxylic acids is 4. The molecule has 6 aromatic carbocycles. The van der Waals surface area contributed by atoms with Crippen LogP contribution in [0.3, 0.4) is 0 Å². The van der Waals surface area contributed by atoms with E-state index < -0.39 is 24.1 Å². The zero-order chi connectivity index (χ0) is 47.4. The molecule has 14 heteroatoms. The zero-order valence-electron chi connectivity index (χ0n) is 37.7. The first-order valence-corrected chi connectivity index (χ1v) is 22.8. The molecule has 1 fully saturated rings. The summed E-state index contributed by atoms with van der Waals surface area (Å²) >= 11 is 0. The fourth-order valence-corrected chi connectivity index (χ4v) is 9.13. The summed E-state index contributed by atoms with van der Waals surface area (Å²) in [6, 6.07) is 45.9. The number of anilines is 2. The van der Waals surface area contributed by atoms with Crippen molar-refractivity contribution in [2.75, 3.05) is 30.5 Å². The first-order valence-electron chi connectivity index (χ1n) is 22.8. The Balaban J connectivity index is 0.824. The molecule has 6 aromatic rings. The summed E-state index contributed by atoms with van der Waals surface area (Å²) in [6.07, 6.45) is 0.897. The number of ether oxygens (including phenoxy) is 2. The summed E-state index contributed by atoms with van der Waals surface area (Å²) in [5.74, 6) is -0.395. The van der Waals surface area contributed by atoms with E-state index >= 15 is 0 Å². The van der Waals surface area contributed by atoms with E-state index in [2.05, 4.69) is 38.1 Å². The van der Waals surface area contributed by atoms with Gasteiger partial charge in [0.2, 0.25) is 17.7 Å². The minimum Gasteiger partial charge on any atom is -0.497 e. The van der Waals surface area contributed by atoms with Gasteiger partial charge in [0.15, 0.2) is 0 Å². The van der Waals surface area contributed by atoms with Crippen molar-refractivity contribution in [2.24, 2.45) is 11.0 Å². The van der Waals surface area contributed by atoms with Gasteiger partial charge in [-0.3, -0.25) is 14.4 Å². The van der Waals surface area contributed by atoms with Crippen LogP contribution in [0.1, 0.15) is 78.0 Å². The Hall–Kier alpha value is -7.93. The van der Waals surface area contributed by atoms with Gasteiger partial charge in [-0.2, -0.15) is 0 Å². The number of benzene rings is 6. The van der Waals surface area contributed by atoms with Gasteiger partial charge in [-0.15, -0.1) is 0 Å². The van der Waals surface area contributed by atoms with E-state index in [1.807, 2.05) is 103 Å². The molecule has 4 atom stereocenters. The Kier molecular flexibility index (Phi) is 15.1. The van der Waals surface area contributed by atoms with Crippen LogP contribution in [0.4, 0.5) is 21.9 Å². The lowest BCUT2D eigenvalue weighted by Gasteiger charge is -2.48. The number of β-lactam (4-membered cyclic amide) rings is 1. The Morgan fingerprint density at radius 3 is 2.13 bits per heavy atom. The lowest BCUT2D eigenvalue weighted by Crippen LogP contribution is -2.55. The quantitative estimate of drug-likeness (QED) is 0.0192. The lowest BCUT2D eigenvalue weighted by atomic mass is 9.78. The van der Waals surface area contributed by atoms with E-state index in [1.165, 1.54) is 0 Å². The monoisotopic (exact) mass is 911 g/mol. The maximum Gasteiger partial charge on any atom is 0.407 e. The minimum atomic E-state index is -0.973. The van der Waals surface area contributed by atoms with Crippen molar-refractivity contribution in [2.45, 2.75) is 62.6 Å². The van der Waals surface area contributed by atoms with Gasteiger partial charge < -0.3 is 35.4 Å². The van der Waals surface area contributed by atoms with Gasteiger partial charge in [0.05, 0.1) is 25.2 Å². The van der Waals surface area contributed by atoms with Gasteiger partial charge in [-0.05, 0) is 107 Å². The van der Waals surface area contributed by atoms with Crippen molar-refractivity contribution in [1.29, 1.82) is 0 Å². The fourth-order valence-electron chi connectivity index (χ4n) is 9.13. The number of nitrogens with zero attached hydrogens (tertiary/aromatic N) is 4. The summed E-state index contributed by atoms with van der Waals surface area (Å²) in [7, 11) is 1.61. The molecule has 1 aliphatic heterocycles. The number of unbranched alkanes of at least 4 members (excludes halogenated alkanes) is 1. The van der Waals surface area contributed by atoms with E-state index in [9.17, 15) is 24.3 Å². The molecule has 0 aromatic heterocycles. The van der Waals surface area contributed by atoms with Crippen molar-refractivity contribution < 1.29 is 33.8 Å². The number of aliphatic hydroxyl groups is 1. The first kappa shape index (κ1) is 46.6. The molecule has 0 bridgehead atoms. The van der Waals surface area contributed by atoms with Crippen molar-refractivity contribution in [3.63, 3.8) is 0 Å². The molecule has 1 heterocycles. The average Bonchev–Trinajstić information content (AvgIpc) is 3.69. The average molecular weight is 912 g/mol. The number of alkyl carbamates (subject to hydrolysis) is 1. The highest BCUT2D eigenvalue weighted by Crippen LogP contribution is 2.47. The maximum atomic E-state index is 13.7. The summed E-state index contributed by atoms with van der Waals surface area (Å²) < 4.78 is 11.1. The highest BCUT2D eigenvalue weighted by molar-refractivity contribution is 6.03. The summed E-state index contributed by atoms with van der Waals surface area (Å²) in [5, 5.41) is 23.1. The Morgan fingerprint density at radius 1 is 0.809 bits per heavy atom. The van der Waals surface area contributed by atoms with Gasteiger partial charge in [0.25, 0.3) is 0 Å². The number of rotatable bonds is 20. The van der Waals surface area contributed by atoms with Crippen LogP contribution in [0.5, 0.6) is 5.75 Å². The number of azide groups is 1. The molecule has 14 nitrogen and oxygen atoms in total. The van der Waals surface area contributed by atoms with Crippen molar-refractivity contribution in [3.05, 3.63) is 190 Å². The molecule has 0 radical (unpaired) electrons. The van der Waals surface area contributed by atoms with Crippen molar-refractivity contribution in [3.8, 4) is 16.9 Å². The highest BCUT2D eigenvalue weighted by Gasteiger charge is 2.48. The molecule has 8 rings (SSSR count). The summed E-state index contributed by atoms with van der Waals surface area (Å²) in [6.45, 7) is 0.359. The molecule has 4 amide bonds. The molecule has 3 unspecified atom stereocenters. The van der Waals surface area contributed by atoms with Crippen LogP contribution in [0.15, 0.2) is 157 Å². The number of hydrogen-bond acceptors (Lipinski definition) is 8. The Morgan fingerprint density at radius 2 is 1.47 bits per heavy atom. The number of nitrogens with one attached hydrogen (secondary N) is 3. The van der Waals surface area contributed by atoms with Gasteiger partial charge >= 0.3 is 6.09 Å². The third-order valence-electron chi connectivity index (χ3n) is 12.7. The van der Waals surface area contributed by atoms with Crippen LogP contribution in [0.2, 0.25) is 0 Å². The number of carbonyl (C=O) groups is 4. The van der Waals surface area contributed by atoms with Crippen LogP contribution in [-0.2, 0) is 25.5 Å². The molecular weight excluding hydrogens is 859 g/mol. The minimum absolute atomic E-state index is 0.0323. The zero-order valence-corrected chi connectivity index (χ0v) is 37.7. The third kappa shape index (κ3) is 11.0. The molecule has 0 saturated carbocycles. The molecule has 346 valence electrons. The van der Waals surface area contributed by atoms with E-state index in [1.54, 1.807) is 48.4 Å². The molecular formula is C54H53N7O7. The van der Waals surface area contributed by atoms with Gasteiger partial charge in [0.1, 0.15) is 18.4 Å². The van der Waals surface area contributed by atoms with Crippen LogP contribution >= 0.6 is 0 Å². The number of hydrogen-bond donors (Lipinski definition) is 4. The van der Waals surface area contributed by atoms with E-state index in [-0.39, 0.29) is 55.7 Å². The first-order chi connectivity index (χ1) is 33.2. The van der Waals surface area contributed by atoms with Gasteiger partial charge in [-0.25, -0.2) is 4.79 Å². The SMILES string of the molecule is COc1ccc(C2C(CC[C@H](O)c3ccccc3)C(=O)N2c2ccc(NC(=O)CCCCNC(=O)C(Cc3ccc(N=[N+]=[N-])cc3)NC(=O)OCC3c4ccccc4-c4ccccc43)cc2)cc1. The number of methoxy groups -OCH3 is 1. The van der Waals surface area contributed by atoms with Gasteiger partial charge in [0, 0.05) is 47.3 Å². The lowest BCUT2D eigenvalue weighted by molar-refractivity contribution is -0.131. The van der Waals surface area contributed by atoms with E-state index in [0.717, 1.165) is 38.9 Å². The molecule has 2 aliphatic rings. The fraction of sp³-hybridized carbons (Fsp3) is 0.259. The molecule has 1 saturated heterocycles. The Bertz CT molecular complexity index is 2720. The van der Waals surface area contributed by atoms with Crippen LogP contribution in [0.25, 0.3) is 21.6 Å². The molecule has 0 spiro atoms. The van der Waals surface area contributed by atoms with Crippen LogP contribution < -0.4 is 25.6 Å². The van der Waals surface area contributed by atoms with Gasteiger partial charge in [-0.1, -0.05) is 120 Å². The Labute approximate surface area is 394 Å². The molecule has 68 heavy (non-hydrogen) atoms. The highest BCUT2D eigenvalue weighted by atomic mass is 16.5. The number of fused-ring (bicyclic) bond motifs is 3. The number of amides is 4. The van der Waals surface area contributed by atoms with Crippen LogP contribution in [-0.4, -0.2) is 55.2 Å². The predicted molar refractivity (Wildman–Crippen MR) is 260 cm³/mol. The van der Waals surface area contributed by atoms with E-state index in [4.69, 9.17) is 15.0 Å². The number of aliphatic hydroxyl groups excluding tert-OH is 1. The standard InChI is InChI=1S/C54H53N7O7/c1-67-41-28-20-37(21-29-41)51-46(30-31-49(62)36-11-3-2-4-12-36)53(65)61(51)40-26-24-38(25-27-40)57-50(63)17-9-10-32-56-52(64)48(33-35-18-22-39(23-19-35)59-60-55)58-54(66)68-34-47-44-15-7-5-13-42(44)43-14-6-8-16-45(43)47/h2-8,11-16,18-29,46-49,51,62H,9-10,17,30-34H2,1H3,(H,56,64)(H,57,63)(H,58,66)/t46?,48?,49-,51?/m0/s1. The third-order valence-corrected chi connectivity index (χ3v) is 12.7. The predicted octanol–water partition coefficient (Wildman–Crippen LogP) is 10.2. The van der Waals surface area contributed by atoms with Crippen molar-refractivity contribution >= 4 is 40.9 Å². The summed E-state index contributed by atoms with van der Waals surface area (Å²) in [4.78, 5) is 58.2. The van der Waals surface area contributed by atoms with Crippen LogP contribution in [0, 0.1) is 5.92 Å². The largest absolute Gasteiger partial charge is 0.497 e. The second-order valence-corrected chi connectivity index (χ2v) is 17.0. The smallest absolute Gasteiger partial charge is 0.407 e. The maximum absolute atomic E-state index is 13.7. The summed E-state index contributed by atoms with van der Waals surface area (Å²) in [5.41, 5.74) is 17.4. The molecule has 1 aliphatic carbocycles. The normalized spacial score (nSPS) is 15.7. The van der Waals surface area contributed by atoms with E-state index in [0.29, 0.717) is 48.5 Å². The second kappa shape index (κ2) is 22.0.